The number of aliphatic hydroxyl groups excluding tert-OH is 1. The van der Waals surface area contributed by atoms with E-state index >= 15 is 0 Å². The summed E-state index contributed by atoms with van der Waals surface area (Å²) in [6.45, 7) is 1.73. The number of nitrogens with zero attached hydrogens (tertiary/aromatic N) is 1. The summed E-state index contributed by atoms with van der Waals surface area (Å²) in [6, 6.07) is 8.13. The summed E-state index contributed by atoms with van der Waals surface area (Å²) in [6.07, 6.45) is 6.35. The fourth-order valence-corrected chi connectivity index (χ4v) is 3.06. The molecule has 4 heteroatoms. The summed E-state index contributed by atoms with van der Waals surface area (Å²) in [5.74, 6) is -0.305. The fraction of sp³-hybridized carbons (Fsp3) is 0.588. The summed E-state index contributed by atoms with van der Waals surface area (Å²) < 4.78 is 4.71. The van der Waals surface area contributed by atoms with E-state index in [1.165, 1.54) is 44.8 Å². The summed E-state index contributed by atoms with van der Waals surface area (Å²) >= 11 is 0. The molecular weight excluding hydrogens is 266 g/mol. The van der Waals surface area contributed by atoms with Crippen molar-refractivity contribution in [2.75, 3.05) is 20.3 Å². The van der Waals surface area contributed by atoms with E-state index in [1.807, 2.05) is 12.1 Å². The van der Waals surface area contributed by atoms with Gasteiger partial charge in [0.05, 0.1) is 19.3 Å². The molecule has 0 bridgehead atoms. The standard InChI is InChI=1S/C17H25NO3/c1-21-17(20)15-9-7-14(8-10-15)13-18(11-12-19)16-5-3-2-4-6-16/h7-10,16,19H,2-6,11-13H2,1H3. The molecule has 1 aliphatic rings. The Hall–Kier alpha value is -1.39. The maximum absolute atomic E-state index is 11.4. The highest BCUT2D eigenvalue weighted by molar-refractivity contribution is 5.89. The van der Waals surface area contributed by atoms with E-state index in [1.54, 1.807) is 12.1 Å². The molecule has 0 unspecified atom stereocenters. The minimum atomic E-state index is -0.305. The van der Waals surface area contributed by atoms with Crippen molar-refractivity contribution in [3.63, 3.8) is 0 Å². The van der Waals surface area contributed by atoms with Crippen molar-refractivity contribution in [2.45, 2.75) is 44.7 Å². The largest absolute Gasteiger partial charge is 0.465 e. The molecule has 1 fully saturated rings. The van der Waals surface area contributed by atoms with Crippen molar-refractivity contribution in [1.29, 1.82) is 0 Å². The maximum atomic E-state index is 11.4. The smallest absolute Gasteiger partial charge is 0.337 e. The van der Waals surface area contributed by atoms with Crippen molar-refractivity contribution in [3.8, 4) is 0 Å². The molecule has 0 atom stereocenters. The van der Waals surface area contributed by atoms with Crippen LogP contribution < -0.4 is 0 Å². The minimum Gasteiger partial charge on any atom is -0.465 e. The molecule has 1 saturated carbocycles. The average Bonchev–Trinajstić information content (AvgIpc) is 2.55. The van der Waals surface area contributed by atoms with Crippen molar-refractivity contribution in [1.82, 2.24) is 4.90 Å². The van der Waals surface area contributed by atoms with Crippen LogP contribution in [0.1, 0.15) is 48.0 Å². The Morgan fingerprint density at radius 3 is 2.48 bits per heavy atom. The Balaban J connectivity index is 2.00. The Morgan fingerprint density at radius 1 is 1.24 bits per heavy atom. The third-order valence-corrected chi connectivity index (χ3v) is 4.24. The second-order valence-corrected chi connectivity index (χ2v) is 5.67. The van der Waals surface area contributed by atoms with Gasteiger partial charge in [0.15, 0.2) is 0 Å². The maximum Gasteiger partial charge on any atom is 0.337 e. The van der Waals surface area contributed by atoms with Crippen LogP contribution in [0.3, 0.4) is 0 Å². The lowest BCUT2D eigenvalue weighted by Crippen LogP contribution is -2.38. The van der Waals surface area contributed by atoms with Crippen molar-refractivity contribution < 1.29 is 14.6 Å². The third kappa shape index (κ3) is 4.55. The number of carbonyl (C=O) groups excluding carboxylic acids is 1. The number of benzene rings is 1. The van der Waals surface area contributed by atoms with Gasteiger partial charge in [-0.2, -0.15) is 0 Å². The molecule has 1 aliphatic carbocycles. The van der Waals surface area contributed by atoms with Crippen LogP contribution in [0.15, 0.2) is 24.3 Å². The molecule has 0 radical (unpaired) electrons. The second kappa shape index (κ2) is 8.15. The summed E-state index contributed by atoms with van der Waals surface area (Å²) in [5.41, 5.74) is 1.74. The number of carbonyl (C=O) groups is 1. The lowest BCUT2D eigenvalue weighted by Gasteiger charge is -2.34. The zero-order valence-electron chi connectivity index (χ0n) is 12.8. The molecule has 2 rings (SSSR count). The summed E-state index contributed by atoms with van der Waals surface area (Å²) in [4.78, 5) is 13.8. The van der Waals surface area contributed by atoms with Crippen molar-refractivity contribution in [2.24, 2.45) is 0 Å². The first kappa shape index (κ1) is 16.0. The average molecular weight is 291 g/mol. The van der Waals surface area contributed by atoms with Gasteiger partial charge in [0.2, 0.25) is 0 Å². The van der Waals surface area contributed by atoms with Crippen LogP contribution in [0.2, 0.25) is 0 Å². The molecule has 0 amide bonds. The highest BCUT2D eigenvalue weighted by Crippen LogP contribution is 2.24. The van der Waals surface area contributed by atoms with E-state index in [0.717, 1.165) is 6.54 Å². The number of methoxy groups -OCH3 is 1. The number of hydrogen-bond donors (Lipinski definition) is 1. The van der Waals surface area contributed by atoms with Crippen LogP contribution in [0.5, 0.6) is 0 Å². The first-order valence-corrected chi connectivity index (χ1v) is 7.76. The van der Waals surface area contributed by atoms with Crippen LogP contribution >= 0.6 is 0 Å². The van der Waals surface area contributed by atoms with Gasteiger partial charge >= 0.3 is 5.97 Å². The predicted octanol–water partition coefficient (Wildman–Crippen LogP) is 2.60. The fourth-order valence-electron chi connectivity index (χ4n) is 3.06. The van der Waals surface area contributed by atoms with Crippen LogP contribution in [0.4, 0.5) is 0 Å². The Bertz CT molecular complexity index is 438. The van der Waals surface area contributed by atoms with Gasteiger partial charge < -0.3 is 9.84 Å². The number of hydrogen-bond acceptors (Lipinski definition) is 4. The lowest BCUT2D eigenvalue weighted by atomic mass is 9.94. The number of aliphatic hydroxyl groups is 1. The quantitative estimate of drug-likeness (QED) is 0.819. The summed E-state index contributed by atoms with van der Waals surface area (Å²) in [7, 11) is 1.39. The van der Waals surface area contributed by atoms with Crippen LogP contribution in [-0.2, 0) is 11.3 Å². The van der Waals surface area contributed by atoms with Gasteiger partial charge in [-0.3, -0.25) is 4.90 Å². The molecule has 4 nitrogen and oxygen atoms in total. The predicted molar refractivity (Wildman–Crippen MR) is 82.2 cm³/mol. The van der Waals surface area contributed by atoms with Crippen molar-refractivity contribution >= 4 is 5.97 Å². The second-order valence-electron chi connectivity index (χ2n) is 5.67. The molecule has 0 heterocycles. The highest BCUT2D eigenvalue weighted by atomic mass is 16.5. The van der Waals surface area contributed by atoms with Gasteiger partial charge in [-0.05, 0) is 30.5 Å². The molecule has 0 spiro atoms. The molecule has 1 aromatic carbocycles. The van der Waals surface area contributed by atoms with Crippen LogP contribution in [0, 0.1) is 0 Å². The molecule has 116 valence electrons. The molecule has 21 heavy (non-hydrogen) atoms. The van der Waals surface area contributed by atoms with Crippen molar-refractivity contribution in [3.05, 3.63) is 35.4 Å². The Labute approximate surface area is 126 Å². The molecular formula is C17H25NO3. The Morgan fingerprint density at radius 2 is 1.90 bits per heavy atom. The lowest BCUT2D eigenvalue weighted by molar-refractivity contribution is 0.0600. The SMILES string of the molecule is COC(=O)c1ccc(CN(CCO)C2CCCCC2)cc1. The highest BCUT2D eigenvalue weighted by Gasteiger charge is 2.20. The number of rotatable bonds is 6. The zero-order chi connectivity index (χ0) is 15.1. The normalized spacial score (nSPS) is 16.1. The first-order chi connectivity index (χ1) is 10.2. The van der Waals surface area contributed by atoms with E-state index < -0.39 is 0 Å². The zero-order valence-corrected chi connectivity index (χ0v) is 12.8. The van der Waals surface area contributed by atoms with E-state index in [9.17, 15) is 9.90 Å². The first-order valence-electron chi connectivity index (χ1n) is 7.76. The van der Waals surface area contributed by atoms with Gasteiger partial charge in [-0.25, -0.2) is 4.79 Å². The van der Waals surface area contributed by atoms with Crippen LogP contribution in [-0.4, -0.2) is 42.3 Å². The van der Waals surface area contributed by atoms with Gasteiger partial charge in [-0.1, -0.05) is 31.4 Å². The Kier molecular flexibility index (Phi) is 6.21. The van der Waals surface area contributed by atoms with E-state index in [0.29, 0.717) is 18.2 Å². The van der Waals surface area contributed by atoms with E-state index in [-0.39, 0.29) is 12.6 Å². The monoisotopic (exact) mass is 291 g/mol. The minimum absolute atomic E-state index is 0.191. The molecule has 0 aromatic heterocycles. The van der Waals surface area contributed by atoms with Crippen LogP contribution in [0.25, 0.3) is 0 Å². The van der Waals surface area contributed by atoms with Gasteiger partial charge in [-0.15, -0.1) is 0 Å². The van der Waals surface area contributed by atoms with E-state index in [2.05, 4.69) is 4.90 Å². The molecule has 0 saturated heterocycles. The third-order valence-electron chi connectivity index (χ3n) is 4.24. The van der Waals surface area contributed by atoms with Gasteiger partial charge in [0.25, 0.3) is 0 Å². The van der Waals surface area contributed by atoms with Gasteiger partial charge in [0, 0.05) is 19.1 Å². The number of esters is 1. The van der Waals surface area contributed by atoms with E-state index in [4.69, 9.17) is 4.74 Å². The molecule has 0 aliphatic heterocycles. The van der Waals surface area contributed by atoms with Gasteiger partial charge in [0.1, 0.15) is 0 Å². The summed E-state index contributed by atoms with van der Waals surface area (Å²) in [5, 5.41) is 9.29. The molecule has 1 N–H and O–H groups in total. The topological polar surface area (TPSA) is 49.8 Å². The molecule has 1 aromatic rings. The number of ether oxygens (including phenoxy) is 1.